The zero-order valence-electron chi connectivity index (χ0n) is 23.3. The number of carboxylic acids is 1. The van der Waals surface area contributed by atoms with E-state index in [1.807, 2.05) is 23.6 Å². The molecule has 3 rings (SSSR count). The Kier molecular flexibility index (Phi) is 11.7. The molecule has 0 aliphatic carbocycles. The van der Waals surface area contributed by atoms with E-state index in [4.69, 9.17) is 14.2 Å². The highest BCUT2D eigenvalue weighted by Gasteiger charge is 2.28. The van der Waals surface area contributed by atoms with E-state index >= 15 is 0 Å². The summed E-state index contributed by atoms with van der Waals surface area (Å²) in [4.78, 5) is 33.5. The molecule has 0 saturated heterocycles. The number of ether oxygens (including phenoxy) is 3. The Morgan fingerprint density at radius 2 is 1.90 bits per heavy atom. The number of aromatic nitrogens is 1. The lowest BCUT2D eigenvalue weighted by atomic mass is 10.1. The summed E-state index contributed by atoms with van der Waals surface area (Å²) in [6.45, 7) is 9.84. The number of nitrogens with zero attached hydrogens (tertiary/aromatic N) is 2. The van der Waals surface area contributed by atoms with Crippen molar-refractivity contribution < 1.29 is 28.9 Å². The normalized spacial score (nSPS) is 12.3. The van der Waals surface area contributed by atoms with Gasteiger partial charge in [-0.25, -0.2) is 9.78 Å². The van der Waals surface area contributed by atoms with Crippen molar-refractivity contribution in [2.45, 2.75) is 58.1 Å². The molecule has 1 aromatic carbocycles. The lowest BCUT2D eigenvalue weighted by Gasteiger charge is -2.27. The molecule has 39 heavy (non-hydrogen) atoms. The summed E-state index contributed by atoms with van der Waals surface area (Å²) in [5.74, 6) is -0.603. The number of aryl methyl sites for hydroxylation is 2. The molecule has 2 aromatic heterocycles. The number of methoxy groups -OCH3 is 1. The molecule has 3 aromatic rings. The van der Waals surface area contributed by atoms with Crippen molar-refractivity contribution in [3.05, 3.63) is 67.8 Å². The van der Waals surface area contributed by atoms with Crippen molar-refractivity contribution in [2.24, 2.45) is 0 Å². The highest BCUT2D eigenvalue weighted by molar-refractivity contribution is 7.11. The third kappa shape index (κ3) is 9.84. The first-order valence-electron chi connectivity index (χ1n) is 12.9. The molecule has 0 bridgehead atoms. The van der Waals surface area contributed by atoms with Crippen LogP contribution in [0.5, 0.6) is 5.75 Å². The SMILES string of the molecule is COc1ccc([C@@H](OCOCC[Si](C)(C)C)C(=O)N(CCCc2cccs2)Cc2nc(C(=O)O)c(C)s2)cc1. The molecule has 11 heteroatoms. The van der Waals surface area contributed by atoms with Crippen molar-refractivity contribution in [3.63, 3.8) is 0 Å². The minimum absolute atomic E-state index is 0.00449. The number of carboxylic acid groups (broad SMARTS) is 1. The van der Waals surface area contributed by atoms with E-state index in [0.717, 1.165) is 18.9 Å². The Morgan fingerprint density at radius 1 is 1.15 bits per heavy atom. The van der Waals surface area contributed by atoms with Crippen LogP contribution < -0.4 is 4.74 Å². The Bertz CT molecular complexity index is 1190. The fourth-order valence-electron chi connectivity index (χ4n) is 3.85. The number of hydrogen-bond donors (Lipinski definition) is 1. The lowest BCUT2D eigenvalue weighted by Crippen LogP contribution is -2.37. The Labute approximate surface area is 239 Å². The fraction of sp³-hybridized carbons (Fsp3) is 0.464. The largest absolute Gasteiger partial charge is 0.497 e. The number of thiazole rings is 1. The number of benzene rings is 1. The van der Waals surface area contributed by atoms with Gasteiger partial charge in [0.05, 0.1) is 13.7 Å². The molecule has 212 valence electrons. The first-order valence-corrected chi connectivity index (χ1v) is 18.3. The first-order chi connectivity index (χ1) is 18.6. The molecule has 1 amide bonds. The zero-order chi connectivity index (χ0) is 28.4. The number of rotatable bonds is 16. The quantitative estimate of drug-likeness (QED) is 0.120. The number of aromatic carboxylic acids is 1. The second-order valence-corrected chi connectivity index (χ2v) is 18.4. The molecule has 0 spiro atoms. The molecule has 0 unspecified atom stereocenters. The number of amides is 1. The number of thiophene rings is 1. The monoisotopic (exact) mass is 590 g/mol. The Morgan fingerprint density at radius 3 is 2.49 bits per heavy atom. The second-order valence-electron chi connectivity index (χ2n) is 10.4. The highest BCUT2D eigenvalue weighted by atomic mass is 32.1. The predicted octanol–water partition coefficient (Wildman–Crippen LogP) is 6.25. The maximum Gasteiger partial charge on any atom is 0.355 e. The third-order valence-corrected chi connectivity index (χ3v) is 9.67. The molecule has 2 heterocycles. The smallest absolute Gasteiger partial charge is 0.355 e. The minimum atomic E-state index is -1.26. The van der Waals surface area contributed by atoms with Crippen LogP contribution in [0.3, 0.4) is 0 Å². The third-order valence-electron chi connectivity index (χ3n) is 6.07. The van der Waals surface area contributed by atoms with Crippen molar-refractivity contribution in [3.8, 4) is 5.75 Å². The van der Waals surface area contributed by atoms with Gasteiger partial charge in [0.1, 0.15) is 17.6 Å². The zero-order valence-corrected chi connectivity index (χ0v) is 25.9. The molecule has 0 aliphatic rings. The first kappa shape index (κ1) is 31.0. The molecule has 1 N–H and O–H groups in total. The molecule has 0 aliphatic heterocycles. The van der Waals surface area contributed by atoms with Crippen LogP contribution in [0.1, 0.15) is 43.3 Å². The summed E-state index contributed by atoms with van der Waals surface area (Å²) in [5, 5.41) is 12.1. The van der Waals surface area contributed by atoms with Gasteiger partial charge in [0.15, 0.2) is 11.8 Å². The van der Waals surface area contributed by atoms with Crippen molar-refractivity contribution in [2.75, 3.05) is 27.1 Å². The maximum atomic E-state index is 14.0. The number of carbonyl (C=O) groups is 2. The Balaban J connectivity index is 1.81. The van der Waals surface area contributed by atoms with Crippen LogP contribution in [0.4, 0.5) is 0 Å². The lowest BCUT2D eigenvalue weighted by molar-refractivity contribution is -0.155. The van der Waals surface area contributed by atoms with Gasteiger partial charge in [-0.3, -0.25) is 4.79 Å². The molecule has 0 saturated carbocycles. The van der Waals surface area contributed by atoms with E-state index in [0.29, 0.717) is 34.3 Å². The van der Waals surface area contributed by atoms with Crippen LogP contribution in [0.2, 0.25) is 25.7 Å². The summed E-state index contributed by atoms with van der Waals surface area (Å²) >= 11 is 2.99. The van der Waals surface area contributed by atoms with Crippen molar-refractivity contribution in [1.82, 2.24) is 9.88 Å². The molecule has 0 fully saturated rings. The van der Waals surface area contributed by atoms with Crippen LogP contribution in [-0.4, -0.2) is 62.0 Å². The topological polar surface area (TPSA) is 98.2 Å². The van der Waals surface area contributed by atoms with Crippen molar-refractivity contribution >= 4 is 42.6 Å². The molecule has 0 radical (unpaired) electrons. The van der Waals surface area contributed by atoms with Crippen LogP contribution in [0.15, 0.2) is 41.8 Å². The molecular formula is C28H38N2O6S2Si. The van der Waals surface area contributed by atoms with Gasteiger partial charge in [0.2, 0.25) is 0 Å². The fourth-order valence-corrected chi connectivity index (χ4v) is 6.30. The van der Waals surface area contributed by atoms with Gasteiger partial charge in [-0.2, -0.15) is 0 Å². The molecule has 1 atom stereocenters. The summed E-state index contributed by atoms with van der Waals surface area (Å²) in [7, 11) is 0.338. The van der Waals surface area contributed by atoms with E-state index in [9.17, 15) is 14.7 Å². The highest BCUT2D eigenvalue weighted by Crippen LogP contribution is 2.26. The van der Waals surface area contributed by atoms with Gasteiger partial charge >= 0.3 is 5.97 Å². The molecular weight excluding hydrogens is 553 g/mol. The predicted molar refractivity (Wildman–Crippen MR) is 158 cm³/mol. The maximum absolute atomic E-state index is 14.0. The standard InChI is InChI=1S/C28H38N2O6S2Si/c1-20-25(28(32)33)29-24(38-20)18-30(14-6-8-23-9-7-16-37-23)27(31)26(21-10-12-22(34-2)13-11-21)36-19-35-15-17-39(3,4)5/h7,9-13,16,26H,6,8,14-15,17-19H2,1-5H3,(H,32,33)/t26-/m1/s1. The van der Waals surface area contributed by atoms with Gasteiger partial charge in [0.25, 0.3) is 5.91 Å². The number of hydrogen-bond acceptors (Lipinski definition) is 8. The second kappa shape index (κ2) is 14.7. The van der Waals surface area contributed by atoms with Crippen LogP contribution in [-0.2, 0) is 27.2 Å². The van der Waals surface area contributed by atoms with Gasteiger partial charge < -0.3 is 24.2 Å². The van der Waals surface area contributed by atoms with E-state index in [2.05, 4.69) is 30.7 Å². The van der Waals surface area contributed by atoms with E-state index < -0.39 is 20.1 Å². The van der Waals surface area contributed by atoms with E-state index in [1.54, 1.807) is 42.4 Å². The minimum Gasteiger partial charge on any atom is -0.497 e. The van der Waals surface area contributed by atoms with Crippen LogP contribution in [0, 0.1) is 6.92 Å². The average Bonchev–Trinajstić information content (AvgIpc) is 3.54. The van der Waals surface area contributed by atoms with E-state index in [-0.39, 0.29) is 24.9 Å². The summed E-state index contributed by atoms with van der Waals surface area (Å²) in [6, 6.07) is 12.4. The summed E-state index contributed by atoms with van der Waals surface area (Å²) in [6.07, 6.45) is 0.710. The molecule has 8 nitrogen and oxygen atoms in total. The van der Waals surface area contributed by atoms with Gasteiger partial charge in [-0.1, -0.05) is 37.8 Å². The van der Waals surface area contributed by atoms with E-state index in [1.165, 1.54) is 16.2 Å². The van der Waals surface area contributed by atoms with Gasteiger partial charge in [-0.05, 0) is 55.0 Å². The average molecular weight is 591 g/mol. The van der Waals surface area contributed by atoms with Crippen molar-refractivity contribution in [1.29, 1.82) is 0 Å². The van der Waals surface area contributed by atoms with Gasteiger partial charge in [-0.15, -0.1) is 22.7 Å². The van der Waals surface area contributed by atoms with Gasteiger partial charge in [0, 0.05) is 31.0 Å². The Hall–Kier alpha value is -2.57. The van der Waals surface area contributed by atoms with Crippen LogP contribution >= 0.6 is 22.7 Å². The summed E-state index contributed by atoms with van der Waals surface area (Å²) in [5.41, 5.74) is 0.721. The summed E-state index contributed by atoms with van der Waals surface area (Å²) < 4.78 is 17.1. The van der Waals surface area contributed by atoms with Crippen LogP contribution in [0.25, 0.3) is 0 Å². The number of carbonyl (C=O) groups excluding carboxylic acids is 1.